The second-order valence-corrected chi connectivity index (χ2v) is 4.80. The Bertz CT molecular complexity index is 295. The molecule has 0 fully saturated rings. The molecule has 0 saturated carbocycles. The van der Waals surface area contributed by atoms with E-state index in [9.17, 15) is 5.11 Å². The van der Waals surface area contributed by atoms with Gasteiger partial charge in [-0.05, 0) is 29.9 Å². The summed E-state index contributed by atoms with van der Waals surface area (Å²) in [6.07, 6.45) is 4.59. The highest BCUT2D eigenvalue weighted by molar-refractivity contribution is 8.02. The van der Waals surface area contributed by atoms with Crippen LogP contribution < -0.4 is 0 Å². The lowest BCUT2D eigenvalue weighted by Gasteiger charge is -2.01. The second kappa shape index (κ2) is 8.43. The number of hydrogen-bond acceptors (Lipinski definition) is 2. The first-order valence-corrected chi connectivity index (χ1v) is 6.88. The zero-order valence-electron chi connectivity index (χ0n) is 9.80. The van der Waals surface area contributed by atoms with E-state index >= 15 is 0 Å². The van der Waals surface area contributed by atoms with Crippen molar-refractivity contribution in [3.63, 3.8) is 0 Å². The average Bonchev–Trinajstić information content (AvgIpc) is 2.30. The molecule has 1 rings (SSSR count). The topological polar surface area (TPSA) is 20.2 Å². The van der Waals surface area contributed by atoms with Crippen molar-refractivity contribution < 1.29 is 5.11 Å². The van der Waals surface area contributed by atoms with Crippen LogP contribution in [0.25, 0.3) is 0 Å². The van der Waals surface area contributed by atoms with Crippen LogP contribution in [0, 0.1) is 0 Å². The second-order valence-electron chi connectivity index (χ2n) is 3.79. The zero-order chi connectivity index (χ0) is 11.6. The van der Waals surface area contributed by atoms with Gasteiger partial charge in [0.15, 0.2) is 0 Å². The standard InChI is InChI=1S/C14H20OS/c1-2-6-14(15)10-12-16-11-9-13-7-4-3-5-8-13/h3-5,7-8,10,12,14-15H,2,6,9,11H2,1H3/b12-10+. The van der Waals surface area contributed by atoms with Crippen LogP contribution >= 0.6 is 11.8 Å². The maximum atomic E-state index is 9.47. The minimum absolute atomic E-state index is 0.269. The van der Waals surface area contributed by atoms with Crippen molar-refractivity contribution in [3.05, 3.63) is 47.4 Å². The van der Waals surface area contributed by atoms with E-state index in [1.807, 2.05) is 17.6 Å². The summed E-state index contributed by atoms with van der Waals surface area (Å²) in [6.45, 7) is 2.08. The van der Waals surface area contributed by atoms with Crippen LogP contribution in [0.5, 0.6) is 0 Å². The lowest BCUT2D eigenvalue weighted by molar-refractivity contribution is 0.212. The number of aryl methyl sites for hydroxylation is 1. The normalized spacial score (nSPS) is 13.1. The third-order valence-electron chi connectivity index (χ3n) is 2.33. The molecule has 1 N–H and O–H groups in total. The largest absolute Gasteiger partial charge is 0.389 e. The van der Waals surface area contributed by atoms with Gasteiger partial charge in [-0.3, -0.25) is 0 Å². The maximum absolute atomic E-state index is 9.47. The highest BCUT2D eigenvalue weighted by atomic mass is 32.2. The van der Waals surface area contributed by atoms with E-state index in [0.717, 1.165) is 25.0 Å². The summed E-state index contributed by atoms with van der Waals surface area (Å²) in [4.78, 5) is 0. The first kappa shape index (κ1) is 13.3. The van der Waals surface area contributed by atoms with Crippen molar-refractivity contribution in [2.24, 2.45) is 0 Å². The smallest absolute Gasteiger partial charge is 0.0728 e. The minimum Gasteiger partial charge on any atom is -0.389 e. The maximum Gasteiger partial charge on any atom is 0.0728 e. The molecule has 88 valence electrons. The van der Waals surface area contributed by atoms with E-state index in [0.29, 0.717) is 0 Å². The average molecular weight is 236 g/mol. The van der Waals surface area contributed by atoms with E-state index < -0.39 is 0 Å². The molecule has 0 aliphatic rings. The summed E-state index contributed by atoms with van der Waals surface area (Å²) >= 11 is 1.76. The summed E-state index contributed by atoms with van der Waals surface area (Å²) in [5.41, 5.74) is 1.37. The van der Waals surface area contributed by atoms with E-state index in [1.54, 1.807) is 11.8 Å². The first-order valence-electron chi connectivity index (χ1n) is 5.83. The molecule has 16 heavy (non-hydrogen) atoms. The Labute approximate surface area is 103 Å². The van der Waals surface area contributed by atoms with Gasteiger partial charge < -0.3 is 5.11 Å². The van der Waals surface area contributed by atoms with Gasteiger partial charge in [-0.25, -0.2) is 0 Å². The van der Waals surface area contributed by atoms with Gasteiger partial charge in [0.25, 0.3) is 0 Å². The summed E-state index contributed by atoms with van der Waals surface area (Å²) in [6, 6.07) is 10.5. The van der Waals surface area contributed by atoms with Gasteiger partial charge in [-0.15, -0.1) is 11.8 Å². The fourth-order valence-electron chi connectivity index (χ4n) is 1.43. The summed E-state index contributed by atoms with van der Waals surface area (Å²) in [5.74, 6) is 1.07. The molecule has 0 spiro atoms. The number of rotatable bonds is 7. The molecule has 0 aliphatic carbocycles. The van der Waals surface area contributed by atoms with E-state index in [2.05, 4.69) is 31.2 Å². The Balaban J connectivity index is 2.12. The number of aliphatic hydroxyl groups is 1. The molecule has 1 atom stereocenters. The van der Waals surface area contributed by atoms with Crippen molar-refractivity contribution in [2.45, 2.75) is 32.3 Å². The monoisotopic (exact) mass is 236 g/mol. The summed E-state index contributed by atoms with van der Waals surface area (Å²) in [5, 5.41) is 11.5. The summed E-state index contributed by atoms with van der Waals surface area (Å²) < 4.78 is 0. The number of thioether (sulfide) groups is 1. The van der Waals surface area contributed by atoms with Gasteiger partial charge in [0.05, 0.1) is 6.10 Å². The number of benzene rings is 1. The fraction of sp³-hybridized carbons (Fsp3) is 0.429. The van der Waals surface area contributed by atoms with Gasteiger partial charge in [0, 0.05) is 5.75 Å². The predicted molar refractivity (Wildman–Crippen MR) is 72.7 cm³/mol. The summed E-state index contributed by atoms with van der Waals surface area (Å²) in [7, 11) is 0. The van der Waals surface area contributed by atoms with Gasteiger partial charge in [0.1, 0.15) is 0 Å². The molecule has 2 heteroatoms. The van der Waals surface area contributed by atoms with E-state index in [4.69, 9.17) is 0 Å². The van der Waals surface area contributed by atoms with Crippen molar-refractivity contribution >= 4 is 11.8 Å². The molecule has 1 aromatic carbocycles. The quantitative estimate of drug-likeness (QED) is 0.729. The van der Waals surface area contributed by atoms with Gasteiger partial charge in [-0.1, -0.05) is 43.7 Å². The van der Waals surface area contributed by atoms with E-state index in [1.165, 1.54) is 5.56 Å². The third-order valence-corrected chi connectivity index (χ3v) is 3.12. The Morgan fingerprint density at radius 3 is 2.75 bits per heavy atom. The van der Waals surface area contributed by atoms with Crippen LogP contribution in [-0.2, 0) is 6.42 Å². The first-order chi connectivity index (χ1) is 7.83. The molecule has 0 radical (unpaired) electrons. The van der Waals surface area contributed by atoms with Crippen molar-refractivity contribution in [1.82, 2.24) is 0 Å². The van der Waals surface area contributed by atoms with E-state index in [-0.39, 0.29) is 6.10 Å². The van der Waals surface area contributed by atoms with Crippen molar-refractivity contribution in [2.75, 3.05) is 5.75 Å². The molecule has 1 nitrogen and oxygen atoms in total. The predicted octanol–water partition coefficient (Wildman–Crippen LogP) is 3.64. The Morgan fingerprint density at radius 1 is 1.31 bits per heavy atom. The molecule has 0 amide bonds. The number of hydrogen-bond donors (Lipinski definition) is 1. The van der Waals surface area contributed by atoms with Crippen LogP contribution in [0.1, 0.15) is 25.3 Å². The van der Waals surface area contributed by atoms with Crippen LogP contribution in [-0.4, -0.2) is 17.0 Å². The molecule has 0 heterocycles. The molecular weight excluding hydrogens is 216 g/mol. The molecule has 0 bridgehead atoms. The SMILES string of the molecule is CCCC(O)/C=C/SCCc1ccccc1. The van der Waals surface area contributed by atoms with Crippen LogP contribution in [0.4, 0.5) is 0 Å². The molecule has 0 saturated heterocycles. The highest BCUT2D eigenvalue weighted by Gasteiger charge is 1.95. The van der Waals surface area contributed by atoms with Gasteiger partial charge in [0.2, 0.25) is 0 Å². The Morgan fingerprint density at radius 2 is 2.06 bits per heavy atom. The molecule has 0 aromatic heterocycles. The van der Waals surface area contributed by atoms with Gasteiger partial charge >= 0.3 is 0 Å². The lowest BCUT2D eigenvalue weighted by Crippen LogP contribution is -1.99. The van der Waals surface area contributed by atoms with Crippen LogP contribution in [0.2, 0.25) is 0 Å². The third kappa shape index (κ3) is 5.99. The molecule has 0 aliphatic heterocycles. The van der Waals surface area contributed by atoms with Crippen LogP contribution in [0.15, 0.2) is 41.8 Å². The Hall–Kier alpha value is -0.730. The molecular formula is C14H20OS. The zero-order valence-corrected chi connectivity index (χ0v) is 10.6. The number of aliphatic hydroxyl groups excluding tert-OH is 1. The van der Waals surface area contributed by atoms with Gasteiger partial charge in [-0.2, -0.15) is 0 Å². The lowest BCUT2D eigenvalue weighted by atomic mass is 10.2. The van der Waals surface area contributed by atoms with Crippen molar-refractivity contribution in [3.8, 4) is 0 Å². The Kier molecular flexibility index (Phi) is 7.02. The molecule has 1 aromatic rings. The minimum atomic E-state index is -0.269. The highest BCUT2D eigenvalue weighted by Crippen LogP contribution is 2.09. The van der Waals surface area contributed by atoms with Crippen LogP contribution in [0.3, 0.4) is 0 Å². The van der Waals surface area contributed by atoms with Crippen molar-refractivity contribution in [1.29, 1.82) is 0 Å². The molecule has 1 unspecified atom stereocenters. The fourth-order valence-corrected chi connectivity index (χ4v) is 2.21.